The van der Waals surface area contributed by atoms with Crippen molar-refractivity contribution in [3.63, 3.8) is 0 Å². The van der Waals surface area contributed by atoms with Gasteiger partial charge in [0.15, 0.2) is 17.5 Å². The van der Waals surface area contributed by atoms with Crippen molar-refractivity contribution in [2.75, 3.05) is 0 Å². The second-order valence-corrected chi connectivity index (χ2v) is 12.6. The minimum absolute atomic E-state index is 0.630. The van der Waals surface area contributed by atoms with Crippen LogP contribution in [0.2, 0.25) is 0 Å². The van der Waals surface area contributed by atoms with Gasteiger partial charge >= 0.3 is 0 Å². The van der Waals surface area contributed by atoms with Crippen molar-refractivity contribution in [1.82, 2.24) is 24.5 Å². The fourth-order valence-corrected chi connectivity index (χ4v) is 7.34. The maximum Gasteiger partial charge on any atom is 0.164 e. The molecule has 3 aromatic heterocycles. The van der Waals surface area contributed by atoms with Crippen LogP contribution in [-0.4, -0.2) is 24.5 Å². The zero-order valence-electron chi connectivity index (χ0n) is 27.5. The minimum atomic E-state index is 0.630. The van der Waals surface area contributed by atoms with Crippen molar-refractivity contribution >= 4 is 43.5 Å². The summed E-state index contributed by atoms with van der Waals surface area (Å²) < 4.78 is 2.40. The van der Waals surface area contributed by atoms with E-state index in [1.165, 1.54) is 10.8 Å². The molecule has 0 saturated heterocycles. The Morgan fingerprint density at radius 2 is 0.863 bits per heavy atom. The Kier molecular flexibility index (Phi) is 6.74. The highest BCUT2D eigenvalue weighted by Crippen LogP contribution is 2.43. The molecule has 7 aromatic carbocycles. The number of nitrogens with zero attached hydrogens (tertiary/aromatic N) is 5. The molecule has 0 saturated carbocycles. The summed E-state index contributed by atoms with van der Waals surface area (Å²) in [4.78, 5) is 20.4. The topological polar surface area (TPSA) is 56.5 Å². The average molecular weight is 652 g/mol. The number of aromatic nitrogens is 5. The lowest BCUT2D eigenvalue weighted by Crippen LogP contribution is -2.02. The van der Waals surface area contributed by atoms with E-state index in [1.54, 1.807) is 0 Å². The summed E-state index contributed by atoms with van der Waals surface area (Å²) in [5.74, 6) is 1.91. The standard InChI is InChI=1S/C46H29N5/c1-4-16-30(17-5-1)42-43-41(36-24-12-14-26-38(36)47-42)37-25-13-15-27-39(37)51(43)40-29-28-35(33-22-10-11-23-34(33)40)46-49-44(31-18-6-2-7-19-31)48-45(50-46)32-20-8-3-9-21-32/h1-29H. The van der Waals surface area contributed by atoms with Gasteiger partial charge in [-0.15, -0.1) is 0 Å². The second-order valence-electron chi connectivity index (χ2n) is 12.6. The third-order valence-electron chi connectivity index (χ3n) is 9.63. The van der Waals surface area contributed by atoms with Crippen molar-refractivity contribution in [2.45, 2.75) is 0 Å². The Bertz CT molecular complexity index is 2840. The molecule has 0 bridgehead atoms. The van der Waals surface area contributed by atoms with Gasteiger partial charge < -0.3 is 4.57 Å². The summed E-state index contributed by atoms with van der Waals surface area (Å²) in [7, 11) is 0. The highest BCUT2D eigenvalue weighted by molar-refractivity contribution is 6.24. The summed E-state index contributed by atoms with van der Waals surface area (Å²) >= 11 is 0. The molecule has 0 aliphatic carbocycles. The highest BCUT2D eigenvalue weighted by Gasteiger charge is 2.23. The van der Waals surface area contributed by atoms with Gasteiger partial charge in [0.05, 0.1) is 27.9 Å². The number of fused-ring (bicyclic) bond motifs is 6. The average Bonchev–Trinajstić information content (AvgIpc) is 3.56. The lowest BCUT2D eigenvalue weighted by molar-refractivity contribution is 1.08. The molecule has 51 heavy (non-hydrogen) atoms. The van der Waals surface area contributed by atoms with Gasteiger partial charge in [-0.3, -0.25) is 0 Å². The van der Waals surface area contributed by atoms with Gasteiger partial charge in [-0.25, -0.2) is 19.9 Å². The molecule has 0 amide bonds. The summed E-state index contributed by atoms with van der Waals surface area (Å²) in [6.45, 7) is 0. The quantitative estimate of drug-likeness (QED) is 0.186. The Balaban J connectivity index is 1.28. The van der Waals surface area contributed by atoms with Crippen LogP contribution in [0.25, 0.3) is 94.6 Å². The molecular formula is C46H29N5. The van der Waals surface area contributed by atoms with Gasteiger partial charge in [0, 0.05) is 43.8 Å². The molecule has 0 aliphatic rings. The van der Waals surface area contributed by atoms with Crippen LogP contribution in [0, 0.1) is 0 Å². The van der Waals surface area contributed by atoms with E-state index in [0.717, 1.165) is 66.3 Å². The van der Waals surface area contributed by atoms with E-state index in [9.17, 15) is 0 Å². The molecule has 0 unspecified atom stereocenters. The molecule has 10 rings (SSSR count). The van der Waals surface area contributed by atoms with E-state index >= 15 is 0 Å². The van der Waals surface area contributed by atoms with Crippen LogP contribution in [-0.2, 0) is 0 Å². The number of rotatable bonds is 5. The Morgan fingerprint density at radius 3 is 1.53 bits per heavy atom. The van der Waals surface area contributed by atoms with Gasteiger partial charge in [-0.1, -0.05) is 152 Å². The SMILES string of the molecule is c1ccc(-c2nc(-c3ccccc3)nc(-c3ccc(-n4c5ccccc5c5c6ccccc6nc(-c6ccccc6)c54)c4ccccc34)n2)cc1. The van der Waals surface area contributed by atoms with Gasteiger partial charge in [0.25, 0.3) is 0 Å². The van der Waals surface area contributed by atoms with E-state index in [-0.39, 0.29) is 0 Å². The van der Waals surface area contributed by atoms with Gasteiger partial charge in [-0.2, -0.15) is 0 Å². The van der Waals surface area contributed by atoms with E-state index in [0.29, 0.717) is 17.5 Å². The van der Waals surface area contributed by atoms with Crippen LogP contribution in [0.3, 0.4) is 0 Å². The van der Waals surface area contributed by atoms with Crippen LogP contribution in [0.5, 0.6) is 0 Å². The van der Waals surface area contributed by atoms with Crippen LogP contribution >= 0.6 is 0 Å². The van der Waals surface area contributed by atoms with Crippen LogP contribution in [0.4, 0.5) is 0 Å². The fraction of sp³-hybridized carbons (Fsp3) is 0. The molecule has 0 fully saturated rings. The monoisotopic (exact) mass is 651 g/mol. The molecular weight excluding hydrogens is 623 g/mol. The van der Waals surface area contributed by atoms with E-state index in [2.05, 4.69) is 120 Å². The zero-order chi connectivity index (χ0) is 33.7. The zero-order valence-corrected chi connectivity index (χ0v) is 27.5. The highest BCUT2D eigenvalue weighted by atomic mass is 15.0. The predicted octanol–water partition coefficient (Wildman–Crippen LogP) is 11.3. The number of benzene rings is 7. The normalized spacial score (nSPS) is 11.5. The second kappa shape index (κ2) is 11.9. The molecule has 0 aliphatic heterocycles. The fourth-order valence-electron chi connectivity index (χ4n) is 7.34. The number of hydrogen-bond donors (Lipinski definition) is 0. The first-order valence-corrected chi connectivity index (χ1v) is 17.1. The molecule has 3 heterocycles. The predicted molar refractivity (Wildman–Crippen MR) is 209 cm³/mol. The number of para-hydroxylation sites is 2. The summed E-state index contributed by atoms with van der Waals surface area (Å²) in [5.41, 5.74) is 9.10. The van der Waals surface area contributed by atoms with Crippen LogP contribution in [0.1, 0.15) is 0 Å². The van der Waals surface area contributed by atoms with Gasteiger partial charge in [-0.05, 0) is 29.7 Å². The van der Waals surface area contributed by atoms with Crippen LogP contribution in [0.15, 0.2) is 176 Å². The summed E-state index contributed by atoms with van der Waals surface area (Å²) in [6, 6.07) is 60.8. The number of pyridine rings is 1. The lowest BCUT2D eigenvalue weighted by Gasteiger charge is -2.16. The molecule has 0 atom stereocenters. The van der Waals surface area contributed by atoms with E-state index in [4.69, 9.17) is 19.9 Å². The van der Waals surface area contributed by atoms with E-state index in [1.807, 2.05) is 60.7 Å². The first kappa shape index (κ1) is 29.0. The molecule has 0 spiro atoms. The maximum atomic E-state index is 5.33. The molecule has 5 heteroatoms. The van der Waals surface area contributed by atoms with Crippen molar-refractivity contribution in [2.24, 2.45) is 0 Å². The van der Waals surface area contributed by atoms with Crippen molar-refractivity contribution in [3.8, 4) is 51.1 Å². The van der Waals surface area contributed by atoms with Crippen molar-refractivity contribution in [1.29, 1.82) is 0 Å². The molecule has 0 radical (unpaired) electrons. The van der Waals surface area contributed by atoms with E-state index < -0.39 is 0 Å². The summed E-state index contributed by atoms with van der Waals surface area (Å²) in [5, 5.41) is 5.66. The molecule has 238 valence electrons. The lowest BCUT2D eigenvalue weighted by atomic mass is 10.0. The smallest absolute Gasteiger partial charge is 0.164 e. The third kappa shape index (κ3) is 4.78. The molecule has 5 nitrogen and oxygen atoms in total. The van der Waals surface area contributed by atoms with Crippen LogP contribution < -0.4 is 0 Å². The first-order chi connectivity index (χ1) is 25.3. The molecule has 10 aromatic rings. The Labute approximate surface area is 294 Å². The molecule has 0 N–H and O–H groups in total. The Morgan fingerprint density at radius 1 is 0.353 bits per heavy atom. The van der Waals surface area contributed by atoms with Crippen molar-refractivity contribution in [3.05, 3.63) is 176 Å². The first-order valence-electron chi connectivity index (χ1n) is 17.1. The minimum Gasteiger partial charge on any atom is -0.306 e. The number of hydrogen-bond acceptors (Lipinski definition) is 4. The van der Waals surface area contributed by atoms with Crippen molar-refractivity contribution < 1.29 is 0 Å². The van der Waals surface area contributed by atoms with Gasteiger partial charge in [0.1, 0.15) is 0 Å². The third-order valence-corrected chi connectivity index (χ3v) is 9.63. The maximum absolute atomic E-state index is 5.33. The Hall–Kier alpha value is -6.98. The largest absolute Gasteiger partial charge is 0.306 e. The van der Waals surface area contributed by atoms with Gasteiger partial charge in [0.2, 0.25) is 0 Å². The summed E-state index contributed by atoms with van der Waals surface area (Å²) in [6.07, 6.45) is 0.